The Morgan fingerprint density at radius 1 is 0.826 bits per heavy atom. The molecule has 2 unspecified atom stereocenters. The molecule has 0 aromatic carbocycles. The van der Waals surface area contributed by atoms with Gasteiger partial charge in [-0.25, -0.2) is 0 Å². The fourth-order valence-electron chi connectivity index (χ4n) is 4.93. The second-order valence-corrected chi connectivity index (χ2v) is 8.75. The highest BCUT2D eigenvalue weighted by Crippen LogP contribution is 2.32. The molecule has 0 saturated heterocycles. The van der Waals surface area contributed by atoms with Crippen LogP contribution in [0.3, 0.4) is 0 Å². The van der Waals surface area contributed by atoms with Gasteiger partial charge in [0.05, 0.1) is 0 Å². The van der Waals surface area contributed by atoms with Crippen molar-refractivity contribution in [2.75, 3.05) is 0 Å². The van der Waals surface area contributed by atoms with Crippen molar-refractivity contribution in [1.29, 1.82) is 0 Å². The van der Waals surface area contributed by atoms with Gasteiger partial charge < -0.3 is 0 Å². The molecular weight excluding hydrogens is 276 g/mol. The second-order valence-electron chi connectivity index (χ2n) is 8.75. The molecule has 2 fully saturated rings. The first-order valence-electron chi connectivity index (χ1n) is 10.9. The minimum Gasteiger partial charge on any atom is -0.0882 e. The average Bonchev–Trinajstić information content (AvgIpc) is 3.08. The summed E-state index contributed by atoms with van der Waals surface area (Å²) < 4.78 is 0. The molecule has 0 heterocycles. The van der Waals surface area contributed by atoms with Crippen LogP contribution in [-0.4, -0.2) is 0 Å². The predicted octanol–water partition coefficient (Wildman–Crippen LogP) is 7.93. The molecule has 0 amide bonds. The van der Waals surface area contributed by atoms with E-state index in [9.17, 15) is 0 Å². The van der Waals surface area contributed by atoms with E-state index in [1.165, 1.54) is 96.3 Å². The molecule has 0 N–H and O–H groups in total. The van der Waals surface area contributed by atoms with Gasteiger partial charge in [-0.05, 0) is 49.4 Å². The Hall–Kier alpha value is -0.260. The van der Waals surface area contributed by atoms with Crippen molar-refractivity contribution in [3.8, 4) is 0 Å². The molecule has 0 bridgehead atoms. The van der Waals surface area contributed by atoms with Crippen LogP contribution in [-0.2, 0) is 0 Å². The molecular formula is C23H42. The molecule has 23 heavy (non-hydrogen) atoms. The lowest BCUT2D eigenvalue weighted by Crippen LogP contribution is -2.03. The summed E-state index contributed by atoms with van der Waals surface area (Å²) in [5.41, 5.74) is 0. The van der Waals surface area contributed by atoms with Crippen molar-refractivity contribution < 1.29 is 0 Å². The highest BCUT2D eigenvalue weighted by atomic mass is 14.2. The van der Waals surface area contributed by atoms with Crippen molar-refractivity contribution in [3.05, 3.63) is 12.2 Å². The van der Waals surface area contributed by atoms with Crippen molar-refractivity contribution >= 4 is 0 Å². The molecule has 2 saturated carbocycles. The van der Waals surface area contributed by atoms with Crippen LogP contribution in [0.25, 0.3) is 0 Å². The lowest BCUT2D eigenvalue weighted by molar-refractivity contribution is 0.397. The van der Waals surface area contributed by atoms with Gasteiger partial charge in [-0.1, -0.05) is 96.6 Å². The maximum atomic E-state index is 2.58. The first-order valence-corrected chi connectivity index (χ1v) is 10.9. The number of allylic oxidation sites excluding steroid dienone is 2. The molecule has 2 aliphatic carbocycles. The van der Waals surface area contributed by atoms with Gasteiger partial charge in [-0.2, -0.15) is 0 Å². The Morgan fingerprint density at radius 2 is 1.43 bits per heavy atom. The van der Waals surface area contributed by atoms with Crippen LogP contribution in [0.5, 0.6) is 0 Å². The molecule has 0 heteroatoms. The molecule has 0 radical (unpaired) electrons. The summed E-state index contributed by atoms with van der Waals surface area (Å²) >= 11 is 0. The Balaban J connectivity index is 1.64. The van der Waals surface area contributed by atoms with Gasteiger partial charge in [0.1, 0.15) is 0 Å². The van der Waals surface area contributed by atoms with Gasteiger partial charge >= 0.3 is 0 Å². The minimum atomic E-state index is 0.861. The largest absolute Gasteiger partial charge is 0.0882 e. The van der Waals surface area contributed by atoms with Crippen LogP contribution in [0, 0.1) is 23.7 Å². The van der Waals surface area contributed by atoms with Gasteiger partial charge in [0.15, 0.2) is 0 Å². The molecule has 0 aromatic rings. The van der Waals surface area contributed by atoms with Crippen molar-refractivity contribution in [1.82, 2.24) is 0 Å². The summed E-state index contributed by atoms with van der Waals surface area (Å²) in [5.74, 6) is 3.90. The van der Waals surface area contributed by atoms with E-state index in [0.29, 0.717) is 0 Å². The zero-order valence-corrected chi connectivity index (χ0v) is 16.1. The lowest BCUT2D eigenvalue weighted by atomic mass is 9.89. The molecule has 2 rings (SSSR count). The maximum absolute atomic E-state index is 2.58. The van der Waals surface area contributed by atoms with E-state index < -0.39 is 0 Å². The monoisotopic (exact) mass is 318 g/mol. The quantitative estimate of drug-likeness (QED) is 0.418. The molecule has 0 nitrogen and oxygen atoms in total. The molecule has 0 spiro atoms. The summed E-state index contributed by atoms with van der Waals surface area (Å²) in [5, 5.41) is 0. The van der Waals surface area contributed by atoms with Crippen LogP contribution in [0.2, 0.25) is 0 Å². The molecule has 3 atom stereocenters. The summed E-state index contributed by atoms with van der Waals surface area (Å²) in [6, 6.07) is 0. The van der Waals surface area contributed by atoms with Crippen LogP contribution >= 0.6 is 0 Å². The summed E-state index contributed by atoms with van der Waals surface area (Å²) in [6.45, 7) is 4.84. The number of hydrogen-bond acceptors (Lipinski definition) is 0. The van der Waals surface area contributed by atoms with E-state index in [2.05, 4.69) is 26.0 Å². The van der Waals surface area contributed by atoms with Gasteiger partial charge in [-0.15, -0.1) is 0 Å². The topological polar surface area (TPSA) is 0 Å². The highest BCUT2D eigenvalue weighted by Gasteiger charge is 2.18. The van der Waals surface area contributed by atoms with Gasteiger partial charge in [0, 0.05) is 0 Å². The summed E-state index contributed by atoms with van der Waals surface area (Å²) in [6.07, 6.45) is 27.1. The summed E-state index contributed by atoms with van der Waals surface area (Å²) in [7, 11) is 0. The molecule has 0 aromatic heterocycles. The Morgan fingerprint density at radius 3 is 2.17 bits per heavy atom. The SMILES string of the molecule is CCC(/C=C/CCC1CCCC[C@@H](C)CCC1)CC1CCCC1. The maximum Gasteiger partial charge on any atom is -0.0234 e. The van der Waals surface area contributed by atoms with Crippen molar-refractivity contribution in [2.45, 2.75) is 110 Å². The first-order chi connectivity index (χ1) is 11.3. The third-order valence-corrected chi connectivity index (χ3v) is 6.65. The third kappa shape index (κ3) is 7.90. The molecule has 0 aliphatic heterocycles. The second kappa shape index (κ2) is 11.3. The lowest BCUT2D eigenvalue weighted by Gasteiger charge is -2.16. The van der Waals surface area contributed by atoms with Gasteiger partial charge in [-0.3, -0.25) is 0 Å². The van der Waals surface area contributed by atoms with Crippen LogP contribution in [0.4, 0.5) is 0 Å². The van der Waals surface area contributed by atoms with E-state index in [1.54, 1.807) is 0 Å². The van der Waals surface area contributed by atoms with Gasteiger partial charge in [0.2, 0.25) is 0 Å². The van der Waals surface area contributed by atoms with E-state index in [1.807, 2.05) is 0 Å². The fraction of sp³-hybridized carbons (Fsp3) is 0.913. The van der Waals surface area contributed by atoms with Crippen LogP contribution in [0.1, 0.15) is 110 Å². The number of rotatable bonds is 7. The van der Waals surface area contributed by atoms with Crippen LogP contribution in [0.15, 0.2) is 12.2 Å². The predicted molar refractivity (Wildman–Crippen MR) is 104 cm³/mol. The number of hydrogen-bond donors (Lipinski definition) is 0. The Kier molecular flexibility index (Phi) is 9.39. The van der Waals surface area contributed by atoms with Crippen LogP contribution < -0.4 is 0 Å². The van der Waals surface area contributed by atoms with Gasteiger partial charge in [0.25, 0.3) is 0 Å². The molecule has 2 aliphatic rings. The standard InChI is InChI=1S/C23H42/c1-3-21(19-23-16-8-9-17-23)13-6-7-15-22-14-5-4-11-20(2)12-10-18-22/h6,13,20-23H,3-5,7-12,14-19H2,1-2H3/b13-6+/t20-,21?,22?/m1/s1. The minimum absolute atomic E-state index is 0.861. The Labute approximate surface area is 146 Å². The van der Waals surface area contributed by atoms with E-state index in [-0.39, 0.29) is 0 Å². The smallest absolute Gasteiger partial charge is 0.0234 e. The normalized spacial score (nSPS) is 29.3. The van der Waals surface area contributed by atoms with E-state index in [0.717, 1.165) is 23.7 Å². The fourth-order valence-corrected chi connectivity index (χ4v) is 4.93. The molecule has 134 valence electrons. The van der Waals surface area contributed by atoms with E-state index in [4.69, 9.17) is 0 Å². The highest BCUT2D eigenvalue weighted by molar-refractivity contribution is 4.90. The zero-order valence-electron chi connectivity index (χ0n) is 16.1. The average molecular weight is 319 g/mol. The zero-order chi connectivity index (χ0) is 16.3. The summed E-state index contributed by atoms with van der Waals surface area (Å²) in [4.78, 5) is 0. The first kappa shape index (κ1) is 19.1. The van der Waals surface area contributed by atoms with Crippen molar-refractivity contribution in [2.24, 2.45) is 23.7 Å². The van der Waals surface area contributed by atoms with E-state index >= 15 is 0 Å². The third-order valence-electron chi connectivity index (χ3n) is 6.65. The Bertz CT molecular complexity index is 310. The van der Waals surface area contributed by atoms with Crippen molar-refractivity contribution in [3.63, 3.8) is 0 Å².